The van der Waals surface area contributed by atoms with Gasteiger partial charge in [-0.25, -0.2) is 5.43 Å². The Balaban J connectivity index is 1.83. The molecule has 0 fully saturated rings. The zero-order chi connectivity index (χ0) is 13.2. The maximum absolute atomic E-state index is 12.0. The van der Waals surface area contributed by atoms with Gasteiger partial charge in [-0.3, -0.25) is 14.7 Å². The Labute approximate surface area is 108 Å². The van der Waals surface area contributed by atoms with Crippen LogP contribution in [0.2, 0.25) is 0 Å². The fourth-order valence-electron chi connectivity index (χ4n) is 1.91. The Kier molecular flexibility index (Phi) is 2.71. The average molecular weight is 257 g/mol. The average Bonchev–Trinajstić information content (AvgIpc) is 2.89. The molecule has 0 spiro atoms. The summed E-state index contributed by atoms with van der Waals surface area (Å²) in [7, 11) is 0. The molecule has 1 aromatic carbocycles. The van der Waals surface area contributed by atoms with Crippen molar-refractivity contribution < 1.29 is 9.59 Å². The van der Waals surface area contributed by atoms with Crippen molar-refractivity contribution in [3.8, 4) is 0 Å². The van der Waals surface area contributed by atoms with E-state index in [2.05, 4.69) is 26.0 Å². The Morgan fingerprint density at radius 3 is 3.00 bits per heavy atom. The van der Waals surface area contributed by atoms with Gasteiger partial charge in [0.05, 0.1) is 17.4 Å². The van der Waals surface area contributed by atoms with Crippen molar-refractivity contribution >= 4 is 34.1 Å². The van der Waals surface area contributed by atoms with Crippen LogP contribution in [0.25, 0.3) is 10.9 Å². The summed E-state index contributed by atoms with van der Waals surface area (Å²) < 4.78 is 0. The minimum Gasteiger partial charge on any atom is -0.320 e. The first-order chi connectivity index (χ1) is 9.24. The maximum Gasteiger partial charge on any atom is 0.271 e. The van der Waals surface area contributed by atoms with Crippen LogP contribution in [0.5, 0.6) is 0 Å². The molecule has 3 rings (SSSR count). The van der Waals surface area contributed by atoms with Crippen molar-refractivity contribution in [1.29, 1.82) is 0 Å². The van der Waals surface area contributed by atoms with Crippen LogP contribution in [0, 0.1) is 0 Å². The summed E-state index contributed by atoms with van der Waals surface area (Å²) in [6.45, 7) is 0. The molecule has 19 heavy (non-hydrogen) atoms. The smallest absolute Gasteiger partial charge is 0.271 e. The molecule has 2 amide bonds. The van der Waals surface area contributed by atoms with E-state index in [0.29, 0.717) is 17.8 Å². The lowest BCUT2D eigenvalue weighted by molar-refractivity contribution is -0.121. The monoisotopic (exact) mass is 257 g/mol. The van der Waals surface area contributed by atoms with Crippen LogP contribution in [0.4, 0.5) is 5.69 Å². The largest absolute Gasteiger partial charge is 0.320 e. The van der Waals surface area contributed by atoms with E-state index in [-0.39, 0.29) is 18.2 Å². The summed E-state index contributed by atoms with van der Waals surface area (Å²) >= 11 is 0. The molecule has 1 aliphatic rings. The van der Waals surface area contributed by atoms with Crippen molar-refractivity contribution in [3.63, 3.8) is 0 Å². The van der Waals surface area contributed by atoms with E-state index in [4.69, 9.17) is 0 Å². The van der Waals surface area contributed by atoms with Crippen LogP contribution in [-0.2, 0) is 9.59 Å². The van der Waals surface area contributed by atoms with Gasteiger partial charge >= 0.3 is 0 Å². The van der Waals surface area contributed by atoms with Gasteiger partial charge in [0.15, 0.2) is 0 Å². The summed E-state index contributed by atoms with van der Waals surface area (Å²) in [4.78, 5) is 23.0. The van der Waals surface area contributed by atoms with Gasteiger partial charge in [-0.15, -0.1) is 0 Å². The molecular formula is C12H11N5O2. The van der Waals surface area contributed by atoms with Gasteiger partial charge in [0.2, 0.25) is 5.91 Å². The van der Waals surface area contributed by atoms with E-state index < -0.39 is 0 Å². The number of hydrogen-bond acceptors (Lipinski definition) is 4. The van der Waals surface area contributed by atoms with Gasteiger partial charge in [-0.05, 0) is 12.1 Å². The lowest BCUT2D eigenvalue weighted by atomic mass is 10.1. The molecule has 0 saturated carbocycles. The van der Waals surface area contributed by atoms with Crippen molar-refractivity contribution in [1.82, 2.24) is 15.6 Å². The molecule has 1 aromatic heterocycles. The second-order valence-corrected chi connectivity index (χ2v) is 4.18. The lowest BCUT2D eigenvalue weighted by Gasteiger charge is -2.12. The number of amides is 2. The molecule has 0 unspecified atom stereocenters. The number of nitrogens with one attached hydrogen (secondary N) is 3. The number of carbonyl (C=O) groups excluding carboxylic acids is 2. The number of anilines is 1. The Bertz CT molecular complexity index is 688. The van der Waals surface area contributed by atoms with Crippen LogP contribution in [0.15, 0.2) is 29.5 Å². The quantitative estimate of drug-likeness (QED) is 0.740. The first kappa shape index (κ1) is 11.4. The predicted molar refractivity (Wildman–Crippen MR) is 69.5 cm³/mol. The van der Waals surface area contributed by atoms with Crippen LogP contribution in [0.3, 0.4) is 0 Å². The van der Waals surface area contributed by atoms with Crippen LogP contribution in [0.1, 0.15) is 12.8 Å². The number of nitrogens with zero attached hydrogens (tertiary/aromatic N) is 2. The van der Waals surface area contributed by atoms with Gasteiger partial charge in [0, 0.05) is 18.2 Å². The maximum atomic E-state index is 12.0. The second kappa shape index (κ2) is 4.52. The summed E-state index contributed by atoms with van der Waals surface area (Å²) in [5, 5.41) is 14.1. The first-order valence-corrected chi connectivity index (χ1v) is 5.83. The zero-order valence-corrected chi connectivity index (χ0v) is 9.93. The number of aromatic amines is 1. The summed E-state index contributed by atoms with van der Waals surface area (Å²) in [5.41, 5.74) is 4.13. The third kappa shape index (κ3) is 2.17. The summed E-state index contributed by atoms with van der Waals surface area (Å²) in [6.07, 6.45) is 2.27. The highest BCUT2D eigenvalue weighted by molar-refractivity contribution is 6.44. The van der Waals surface area contributed by atoms with E-state index in [9.17, 15) is 9.59 Å². The summed E-state index contributed by atoms with van der Waals surface area (Å²) in [6, 6.07) is 5.48. The van der Waals surface area contributed by atoms with Gasteiger partial charge < -0.3 is 5.32 Å². The number of aromatic nitrogens is 2. The molecule has 0 saturated heterocycles. The standard InChI is InChI=1S/C12H11N5O2/c18-11-5-4-10(16-17-11)12(19)14-8-2-1-3-9-7(8)6-13-15-9/h1-3,6H,4-5H2,(H,13,15)(H,14,19)(H,17,18). The fourth-order valence-corrected chi connectivity index (χ4v) is 1.91. The van der Waals surface area contributed by atoms with Crippen molar-refractivity contribution in [2.45, 2.75) is 12.8 Å². The Hall–Kier alpha value is -2.70. The van der Waals surface area contributed by atoms with Crippen LogP contribution < -0.4 is 10.7 Å². The molecule has 2 heterocycles. The number of hydrogen-bond donors (Lipinski definition) is 3. The molecule has 0 radical (unpaired) electrons. The highest BCUT2D eigenvalue weighted by Crippen LogP contribution is 2.21. The van der Waals surface area contributed by atoms with Gasteiger partial charge in [-0.2, -0.15) is 10.2 Å². The van der Waals surface area contributed by atoms with Crippen molar-refractivity contribution in [2.75, 3.05) is 5.32 Å². The molecule has 2 aromatic rings. The van der Waals surface area contributed by atoms with Gasteiger partial charge in [0.25, 0.3) is 5.91 Å². The minimum atomic E-state index is -0.311. The number of hydrazone groups is 1. The van der Waals surface area contributed by atoms with Gasteiger partial charge in [0.1, 0.15) is 5.71 Å². The van der Waals surface area contributed by atoms with E-state index in [0.717, 1.165) is 10.9 Å². The topological polar surface area (TPSA) is 99.2 Å². The number of rotatable bonds is 2. The number of benzene rings is 1. The second-order valence-electron chi connectivity index (χ2n) is 4.18. The first-order valence-electron chi connectivity index (χ1n) is 5.83. The van der Waals surface area contributed by atoms with Crippen LogP contribution >= 0.6 is 0 Å². The lowest BCUT2D eigenvalue weighted by Crippen LogP contribution is -2.32. The van der Waals surface area contributed by atoms with E-state index >= 15 is 0 Å². The molecule has 0 aliphatic carbocycles. The third-order valence-corrected chi connectivity index (χ3v) is 2.90. The third-order valence-electron chi connectivity index (χ3n) is 2.90. The normalized spacial score (nSPS) is 14.9. The Morgan fingerprint density at radius 1 is 1.32 bits per heavy atom. The number of H-pyrrole nitrogens is 1. The molecule has 0 atom stereocenters. The number of fused-ring (bicyclic) bond motifs is 1. The van der Waals surface area contributed by atoms with E-state index in [1.54, 1.807) is 12.3 Å². The molecule has 1 aliphatic heterocycles. The summed E-state index contributed by atoms with van der Waals surface area (Å²) in [5.74, 6) is -0.484. The minimum absolute atomic E-state index is 0.173. The SMILES string of the molecule is O=C1CCC(C(=O)Nc2cccc3[nH]ncc23)=NN1. The highest BCUT2D eigenvalue weighted by Gasteiger charge is 2.18. The highest BCUT2D eigenvalue weighted by atomic mass is 16.2. The van der Waals surface area contributed by atoms with E-state index in [1.807, 2.05) is 12.1 Å². The zero-order valence-electron chi connectivity index (χ0n) is 9.93. The van der Waals surface area contributed by atoms with Crippen molar-refractivity contribution in [3.05, 3.63) is 24.4 Å². The molecular weight excluding hydrogens is 246 g/mol. The van der Waals surface area contributed by atoms with E-state index in [1.165, 1.54) is 0 Å². The van der Waals surface area contributed by atoms with Gasteiger partial charge in [-0.1, -0.05) is 6.07 Å². The predicted octanol–water partition coefficient (Wildman–Crippen LogP) is 0.767. The Morgan fingerprint density at radius 2 is 2.21 bits per heavy atom. The molecule has 3 N–H and O–H groups in total. The molecule has 7 heteroatoms. The fraction of sp³-hybridized carbons (Fsp3) is 0.167. The molecule has 96 valence electrons. The molecule has 0 bridgehead atoms. The van der Waals surface area contributed by atoms with Crippen molar-refractivity contribution in [2.24, 2.45) is 5.10 Å². The number of carbonyl (C=O) groups is 2. The van der Waals surface area contributed by atoms with Crippen LogP contribution in [-0.4, -0.2) is 27.7 Å². The molecule has 7 nitrogen and oxygen atoms in total.